The molecule has 3 N–H and O–H groups in total. The summed E-state index contributed by atoms with van der Waals surface area (Å²) in [4.78, 5) is 11.6. The molecule has 0 aromatic carbocycles. The van der Waals surface area contributed by atoms with Gasteiger partial charge in [-0.3, -0.25) is 0 Å². The third kappa shape index (κ3) is 14.2. The zero-order chi connectivity index (χ0) is 31.6. The van der Waals surface area contributed by atoms with E-state index in [4.69, 9.17) is 14.2 Å². The van der Waals surface area contributed by atoms with Crippen LogP contribution in [0.5, 0.6) is 0 Å². The molecule has 3 heterocycles. The number of hydrogen-bond acceptors (Lipinski definition) is 7. The van der Waals surface area contributed by atoms with Gasteiger partial charge in [0.2, 0.25) is 0 Å². The number of rotatable bonds is 25. The van der Waals surface area contributed by atoms with E-state index >= 15 is 0 Å². The Labute approximate surface area is 268 Å². The van der Waals surface area contributed by atoms with Crippen LogP contribution < -0.4 is 0 Å². The summed E-state index contributed by atoms with van der Waals surface area (Å²) in [7, 11) is 0. The predicted molar refractivity (Wildman–Crippen MR) is 175 cm³/mol. The molecule has 2 saturated heterocycles. The van der Waals surface area contributed by atoms with E-state index < -0.39 is 12.2 Å². The fourth-order valence-corrected chi connectivity index (χ4v) is 7.28. The Morgan fingerprint density at radius 2 is 1.14 bits per heavy atom. The first-order chi connectivity index (χ1) is 21.4. The summed E-state index contributed by atoms with van der Waals surface area (Å²) >= 11 is 0. The third-order valence-corrected chi connectivity index (χ3v) is 10.1. The van der Waals surface area contributed by atoms with Crippen molar-refractivity contribution in [1.82, 2.24) is 0 Å². The summed E-state index contributed by atoms with van der Waals surface area (Å²) in [6.07, 6.45) is 25.7. The number of cyclic esters (lactones) is 1. The van der Waals surface area contributed by atoms with Crippen LogP contribution in [0.1, 0.15) is 168 Å². The lowest BCUT2D eigenvalue weighted by Gasteiger charge is -2.24. The van der Waals surface area contributed by atoms with Crippen molar-refractivity contribution >= 4 is 5.97 Å². The van der Waals surface area contributed by atoms with Crippen LogP contribution in [0.4, 0.5) is 0 Å². The molecule has 0 spiro atoms. The second-order valence-electron chi connectivity index (χ2n) is 14.0. The molecule has 44 heavy (non-hydrogen) atoms. The second-order valence-corrected chi connectivity index (χ2v) is 14.0. The van der Waals surface area contributed by atoms with Gasteiger partial charge in [-0.05, 0) is 83.6 Å². The van der Waals surface area contributed by atoms with E-state index in [1.807, 2.05) is 13.0 Å². The maximum atomic E-state index is 11.6. The monoisotopic (exact) mass is 622 g/mol. The first kappa shape index (κ1) is 37.5. The fourth-order valence-electron chi connectivity index (χ4n) is 7.28. The van der Waals surface area contributed by atoms with Gasteiger partial charge in [0.25, 0.3) is 0 Å². The molecular weight excluding hydrogens is 556 g/mol. The molecule has 0 aliphatic carbocycles. The van der Waals surface area contributed by atoms with Crippen LogP contribution in [0.25, 0.3) is 0 Å². The van der Waals surface area contributed by atoms with Crippen LogP contribution in [-0.2, 0) is 19.0 Å². The normalized spacial score (nSPS) is 27.4. The molecule has 3 aliphatic heterocycles. The molecule has 0 bridgehead atoms. The lowest BCUT2D eigenvalue weighted by Crippen LogP contribution is -2.33. The molecular formula is C37H66O7. The summed E-state index contributed by atoms with van der Waals surface area (Å²) in [5.74, 6) is -0.123. The van der Waals surface area contributed by atoms with Crippen molar-refractivity contribution in [3.8, 4) is 0 Å². The molecule has 2 fully saturated rings. The molecule has 0 amide bonds. The quantitative estimate of drug-likeness (QED) is 0.0703. The molecule has 8 atom stereocenters. The van der Waals surface area contributed by atoms with E-state index in [1.54, 1.807) is 0 Å². The summed E-state index contributed by atoms with van der Waals surface area (Å²) < 4.78 is 17.7. The average Bonchev–Trinajstić information content (AvgIpc) is 3.76. The van der Waals surface area contributed by atoms with Gasteiger partial charge in [-0.1, -0.05) is 90.4 Å². The first-order valence-electron chi connectivity index (χ1n) is 18.6. The standard InChI is InChI=1S/C37H66O7/c1-3-4-5-15-19-30(38)20-17-22-32(40)34-24-26-36(44-34)35-25-23-33(43-35)31(39)21-16-13-11-9-7-6-8-10-12-14-18-29-27-28(2)42-37(29)41/h27-28,30-36,38-40H,3-26H2,1-2H3/t28-,30?,31+,32-,33+,34-,35-,36-/m0/s1. The van der Waals surface area contributed by atoms with Crippen LogP contribution in [0.3, 0.4) is 0 Å². The molecule has 1 unspecified atom stereocenters. The Morgan fingerprint density at radius 3 is 1.68 bits per heavy atom. The van der Waals surface area contributed by atoms with Crippen molar-refractivity contribution < 1.29 is 34.3 Å². The molecule has 7 nitrogen and oxygen atoms in total. The lowest BCUT2D eigenvalue weighted by molar-refractivity contribution is -0.139. The van der Waals surface area contributed by atoms with Gasteiger partial charge >= 0.3 is 5.97 Å². The van der Waals surface area contributed by atoms with Gasteiger partial charge in [-0.25, -0.2) is 4.79 Å². The molecule has 3 rings (SSSR count). The van der Waals surface area contributed by atoms with E-state index in [1.165, 1.54) is 64.2 Å². The summed E-state index contributed by atoms with van der Waals surface area (Å²) in [5.41, 5.74) is 0.863. The van der Waals surface area contributed by atoms with Gasteiger partial charge < -0.3 is 29.5 Å². The highest BCUT2D eigenvalue weighted by Crippen LogP contribution is 2.34. The summed E-state index contributed by atoms with van der Waals surface area (Å²) in [6, 6.07) is 0. The number of aliphatic hydroxyl groups excluding tert-OH is 3. The minimum absolute atomic E-state index is 0.0170. The van der Waals surface area contributed by atoms with E-state index in [9.17, 15) is 20.1 Å². The van der Waals surface area contributed by atoms with Crippen molar-refractivity contribution in [1.29, 1.82) is 0 Å². The SMILES string of the molecule is CCCCCCC(O)CCC[C@H](O)[C@@H]1CC[C@@H]([C@@H]2CC[C@H]([C@H](O)CCCCCCCCCCCCC3=C[C@H](C)OC3=O)O2)O1. The van der Waals surface area contributed by atoms with Crippen molar-refractivity contribution in [2.45, 2.75) is 217 Å². The van der Waals surface area contributed by atoms with Gasteiger partial charge in [-0.15, -0.1) is 0 Å². The van der Waals surface area contributed by atoms with E-state index in [0.29, 0.717) is 6.42 Å². The van der Waals surface area contributed by atoms with Crippen molar-refractivity contribution in [2.24, 2.45) is 0 Å². The molecule has 3 aliphatic rings. The van der Waals surface area contributed by atoms with Gasteiger partial charge in [0, 0.05) is 5.57 Å². The zero-order valence-corrected chi connectivity index (χ0v) is 28.1. The molecule has 0 aromatic rings. The number of aliphatic hydroxyl groups is 3. The zero-order valence-electron chi connectivity index (χ0n) is 28.1. The minimum atomic E-state index is -0.479. The number of esters is 1. The summed E-state index contributed by atoms with van der Waals surface area (Å²) in [5, 5.41) is 31.6. The van der Waals surface area contributed by atoms with Crippen molar-refractivity contribution in [2.75, 3.05) is 0 Å². The van der Waals surface area contributed by atoms with Crippen LogP contribution in [-0.4, -0.2) is 70.1 Å². The maximum absolute atomic E-state index is 11.6. The Morgan fingerprint density at radius 1 is 0.659 bits per heavy atom. The number of unbranched alkanes of at least 4 members (excludes halogenated alkanes) is 12. The number of carbonyl (C=O) groups is 1. The van der Waals surface area contributed by atoms with E-state index in [-0.39, 0.29) is 42.6 Å². The van der Waals surface area contributed by atoms with Gasteiger partial charge in [0.05, 0.1) is 42.7 Å². The fraction of sp³-hybridized carbons (Fsp3) is 0.919. The largest absolute Gasteiger partial charge is 0.455 e. The molecule has 0 aromatic heterocycles. The molecule has 256 valence electrons. The van der Waals surface area contributed by atoms with Crippen molar-refractivity contribution in [3.63, 3.8) is 0 Å². The topological polar surface area (TPSA) is 105 Å². The van der Waals surface area contributed by atoms with Crippen LogP contribution in [0.15, 0.2) is 11.6 Å². The Hall–Kier alpha value is -0.990. The maximum Gasteiger partial charge on any atom is 0.334 e. The number of ether oxygens (including phenoxy) is 3. The second kappa shape index (κ2) is 21.7. The summed E-state index contributed by atoms with van der Waals surface area (Å²) in [6.45, 7) is 4.11. The van der Waals surface area contributed by atoms with E-state index in [0.717, 1.165) is 89.0 Å². The smallest absolute Gasteiger partial charge is 0.334 e. The Kier molecular flexibility index (Phi) is 18.5. The third-order valence-electron chi connectivity index (χ3n) is 10.1. The van der Waals surface area contributed by atoms with Crippen molar-refractivity contribution in [3.05, 3.63) is 11.6 Å². The average molecular weight is 623 g/mol. The molecule has 7 heteroatoms. The molecule has 0 saturated carbocycles. The van der Waals surface area contributed by atoms with Crippen LogP contribution in [0.2, 0.25) is 0 Å². The molecule has 0 radical (unpaired) electrons. The Balaban J connectivity index is 1.13. The number of hydrogen-bond donors (Lipinski definition) is 3. The predicted octanol–water partition coefficient (Wildman–Crippen LogP) is 7.86. The highest BCUT2D eigenvalue weighted by atomic mass is 16.6. The van der Waals surface area contributed by atoms with Gasteiger partial charge in [0.1, 0.15) is 6.10 Å². The van der Waals surface area contributed by atoms with Crippen LogP contribution >= 0.6 is 0 Å². The van der Waals surface area contributed by atoms with Crippen LogP contribution in [0, 0.1) is 0 Å². The van der Waals surface area contributed by atoms with Gasteiger partial charge in [-0.2, -0.15) is 0 Å². The minimum Gasteiger partial charge on any atom is -0.455 e. The highest BCUT2D eigenvalue weighted by molar-refractivity contribution is 5.90. The van der Waals surface area contributed by atoms with E-state index in [2.05, 4.69) is 6.92 Å². The number of carbonyl (C=O) groups excluding carboxylic acids is 1. The Bertz CT molecular complexity index is 801. The van der Waals surface area contributed by atoms with Gasteiger partial charge in [0.15, 0.2) is 0 Å². The first-order valence-corrected chi connectivity index (χ1v) is 18.6. The highest BCUT2D eigenvalue weighted by Gasteiger charge is 2.40. The lowest BCUT2D eigenvalue weighted by atomic mass is 9.99.